The molecule has 0 aliphatic rings. The van der Waals surface area contributed by atoms with Crippen LogP contribution in [0.2, 0.25) is 0 Å². The zero-order valence-electron chi connectivity index (χ0n) is 10.5. The van der Waals surface area contributed by atoms with Gasteiger partial charge in [-0.25, -0.2) is 8.42 Å². The molecule has 0 aromatic heterocycles. The molecule has 4 nitrogen and oxygen atoms in total. The minimum Gasteiger partial charge on any atom is -0.389 e. The SMILES string of the molecule is NC(=S)c1ccc(S(=O)(=O)Nc2cc(Br)ccc2Br)cc1. The number of rotatable bonds is 4. The zero-order chi connectivity index (χ0) is 15.6. The lowest BCUT2D eigenvalue weighted by atomic mass is 10.2. The third-order valence-electron chi connectivity index (χ3n) is 2.62. The maximum Gasteiger partial charge on any atom is 0.261 e. The fraction of sp³-hybridized carbons (Fsp3) is 0. The van der Waals surface area contributed by atoms with Crippen LogP contribution in [0.5, 0.6) is 0 Å². The van der Waals surface area contributed by atoms with E-state index in [1.54, 1.807) is 30.3 Å². The summed E-state index contributed by atoms with van der Waals surface area (Å²) in [7, 11) is -3.68. The number of sulfonamides is 1. The van der Waals surface area contributed by atoms with Crippen LogP contribution < -0.4 is 10.5 Å². The molecule has 2 aromatic carbocycles. The molecule has 0 saturated heterocycles. The summed E-state index contributed by atoms with van der Waals surface area (Å²) in [5, 5.41) is 0. The zero-order valence-corrected chi connectivity index (χ0v) is 15.3. The molecule has 110 valence electrons. The van der Waals surface area contributed by atoms with Crippen molar-refractivity contribution in [3.8, 4) is 0 Å². The van der Waals surface area contributed by atoms with Gasteiger partial charge in [0.05, 0.1) is 10.6 Å². The van der Waals surface area contributed by atoms with Gasteiger partial charge in [-0.2, -0.15) is 0 Å². The number of thiocarbonyl (C=S) groups is 1. The minimum atomic E-state index is -3.68. The number of benzene rings is 2. The molecule has 8 heteroatoms. The van der Waals surface area contributed by atoms with Crippen LogP contribution in [-0.4, -0.2) is 13.4 Å². The van der Waals surface area contributed by atoms with E-state index in [4.69, 9.17) is 18.0 Å². The van der Waals surface area contributed by atoms with E-state index in [1.807, 2.05) is 0 Å². The molecule has 0 aliphatic carbocycles. The van der Waals surface area contributed by atoms with Gasteiger partial charge in [-0.15, -0.1) is 0 Å². The first-order chi connectivity index (χ1) is 9.79. The normalized spacial score (nSPS) is 11.1. The lowest BCUT2D eigenvalue weighted by Crippen LogP contribution is -2.14. The largest absolute Gasteiger partial charge is 0.389 e. The fourth-order valence-electron chi connectivity index (χ4n) is 1.58. The smallest absolute Gasteiger partial charge is 0.261 e. The first-order valence-electron chi connectivity index (χ1n) is 5.67. The molecule has 0 heterocycles. The quantitative estimate of drug-likeness (QED) is 0.698. The fourth-order valence-corrected chi connectivity index (χ4v) is 3.62. The van der Waals surface area contributed by atoms with Gasteiger partial charge in [0, 0.05) is 14.5 Å². The summed E-state index contributed by atoms with van der Waals surface area (Å²) >= 11 is 11.4. The molecule has 0 fully saturated rings. The highest BCUT2D eigenvalue weighted by molar-refractivity contribution is 9.11. The second-order valence-corrected chi connectivity index (χ2v) is 8.01. The van der Waals surface area contributed by atoms with Crippen molar-refractivity contribution >= 4 is 64.8 Å². The number of anilines is 1. The summed E-state index contributed by atoms with van der Waals surface area (Å²) < 4.78 is 28.6. The van der Waals surface area contributed by atoms with Gasteiger partial charge in [-0.3, -0.25) is 4.72 Å². The molecule has 0 atom stereocenters. The van der Waals surface area contributed by atoms with E-state index in [0.717, 1.165) is 4.47 Å². The highest BCUT2D eigenvalue weighted by Gasteiger charge is 2.16. The van der Waals surface area contributed by atoms with E-state index in [2.05, 4.69) is 36.6 Å². The van der Waals surface area contributed by atoms with E-state index >= 15 is 0 Å². The monoisotopic (exact) mass is 448 g/mol. The van der Waals surface area contributed by atoms with Crippen LogP contribution in [0.1, 0.15) is 5.56 Å². The number of nitrogens with one attached hydrogen (secondary N) is 1. The molecule has 0 aliphatic heterocycles. The van der Waals surface area contributed by atoms with Crippen LogP contribution in [0.15, 0.2) is 56.3 Å². The maximum absolute atomic E-state index is 12.3. The first-order valence-corrected chi connectivity index (χ1v) is 9.15. The second-order valence-electron chi connectivity index (χ2n) is 4.12. The van der Waals surface area contributed by atoms with Crippen molar-refractivity contribution in [3.05, 3.63) is 57.0 Å². The van der Waals surface area contributed by atoms with Crippen molar-refractivity contribution in [1.29, 1.82) is 0 Å². The summed E-state index contributed by atoms with van der Waals surface area (Å²) in [6, 6.07) is 11.3. The van der Waals surface area contributed by atoms with Crippen molar-refractivity contribution in [2.24, 2.45) is 5.73 Å². The topological polar surface area (TPSA) is 72.2 Å². The highest BCUT2D eigenvalue weighted by atomic mass is 79.9. The van der Waals surface area contributed by atoms with Crippen LogP contribution >= 0.6 is 44.1 Å². The van der Waals surface area contributed by atoms with Crippen molar-refractivity contribution in [3.63, 3.8) is 0 Å². The van der Waals surface area contributed by atoms with Gasteiger partial charge in [0.1, 0.15) is 4.99 Å². The minimum absolute atomic E-state index is 0.134. The van der Waals surface area contributed by atoms with Gasteiger partial charge in [0.2, 0.25) is 0 Å². The van der Waals surface area contributed by atoms with Crippen LogP contribution in [0, 0.1) is 0 Å². The molecule has 0 saturated carbocycles. The van der Waals surface area contributed by atoms with Crippen LogP contribution in [0.4, 0.5) is 5.69 Å². The van der Waals surface area contributed by atoms with Crippen molar-refractivity contribution in [2.75, 3.05) is 4.72 Å². The Kier molecular flexibility index (Phi) is 5.03. The summed E-state index contributed by atoms with van der Waals surface area (Å²) in [6.07, 6.45) is 0. The van der Waals surface area contributed by atoms with Gasteiger partial charge in [0.15, 0.2) is 0 Å². The van der Waals surface area contributed by atoms with Gasteiger partial charge < -0.3 is 5.73 Å². The molecule has 0 radical (unpaired) electrons. The summed E-state index contributed by atoms with van der Waals surface area (Å²) in [5.74, 6) is 0. The Morgan fingerprint density at radius 1 is 1.10 bits per heavy atom. The molecule has 0 unspecified atom stereocenters. The predicted octanol–water partition coefficient (Wildman–Crippen LogP) is 3.65. The molecular formula is C13H10Br2N2O2S2. The number of nitrogens with two attached hydrogens (primary N) is 1. The van der Waals surface area contributed by atoms with E-state index in [9.17, 15) is 8.42 Å². The number of hydrogen-bond acceptors (Lipinski definition) is 3. The van der Waals surface area contributed by atoms with Crippen LogP contribution in [-0.2, 0) is 10.0 Å². The molecule has 21 heavy (non-hydrogen) atoms. The molecule has 0 amide bonds. The van der Waals surface area contributed by atoms with Crippen LogP contribution in [0.25, 0.3) is 0 Å². The summed E-state index contributed by atoms with van der Waals surface area (Å²) in [4.78, 5) is 0.357. The second kappa shape index (κ2) is 6.43. The van der Waals surface area contributed by atoms with Crippen molar-refractivity contribution in [2.45, 2.75) is 4.90 Å². The van der Waals surface area contributed by atoms with Crippen molar-refractivity contribution in [1.82, 2.24) is 0 Å². The molecule has 0 spiro atoms. The molecule has 2 rings (SSSR count). The Hall–Kier alpha value is -0.960. The van der Waals surface area contributed by atoms with Gasteiger partial charge in [0.25, 0.3) is 10.0 Å². The average molecular weight is 450 g/mol. The van der Waals surface area contributed by atoms with E-state index in [0.29, 0.717) is 15.7 Å². The standard InChI is InChI=1S/C13H10Br2N2O2S2/c14-9-3-6-11(15)12(7-9)17-21(18,19)10-4-1-8(2-5-10)13(16)20/h1-7,17H,(H2,16,20). The lowest BCUT2D eigenvalue weighted by Gasteiger charge is -2.10. The van der Waals surface area contributed by atoms with E-state index in [1.165, 1.54) is 12.1 Å². The third-order valence-corrected chi connectivity index (χ3v) is 5.42. The van der Waals surface area contributed by atoms with Crippen molar-refractivity contribution < 1.29 is 8.42 Å². The van der Waals surface area contributed by atoms with E-state index in [-0.39, 0.29) is 9.88 Å². The molecular weight excluding hydrogens is 440 g/mol. The van der Waals surface area contributed by atoms with Crippen LogP contribution in [0.3, 0.4) is 0 Å². The Morgan fingerprint density at radius 3 is 2.29 bits per heavy atom. The van der Waals surface area contributed by atoms with E-state index < -0.39 is 10.0 Å². The Labute approximate surface area is 145 Å². The molecule has 0 bridgehead atoms. The maximum atomic E-state index is 12.3. The molecule has 2 aromatic rings. The third kappa shape index (κ3) is 4.03. The summed E-state index contributed by atoms with van der Waals surface area (Å²) in [6.45, 7) is 0. The lowest BCUT2D eigenvalue weighted by molar-refractivity contribution is 0.601. The van der Waals surface area contributed by atoms with Gasteiger partial charge in [-0.1, -0.05) is 40.3 Å². The van der Waals surface area contributed by atoms with Gasteiger partial charge >= 0.3 is 0 Å². The van der Waals surface area contributed by atoms with Gasteiger partial charge in [-0.05, 0) is 46.3 Å². The number of hydrogen-bond donors (Lipinski definition) is 2. The Morgan fingerprint density at radius 2 is 1.71 bits per heavy atom. The first kappa shape index (κ1) is 16.4. The molecule has 3 N–H and O–H groups in total. The highest BCUT2D eigenvalue weighted by Crippen LogP contribution is 2.28. The predicted molar refractivity (Wildman–Crippen MR) is 95.0 cm³/mol. The number of halogens is 2. The summed E-state index contributed by atoms with van der Waals surface area (Å²) in [5.41, 5.74) is 6.55. The average Bonchev–Trinajstić information content (AvgIpc) is 2.43. The Balaban J connectivity index is 2.34. The Bertz CT molecular complexity index is 790.